The number of rotatable bonds is 5. The van der Waals surface area contributed by atoms with Crippen LogP contribution < -0.4 is 10.3 Å². The van der Waals surface area contributed by atoms with Crippen molar-refractivity contribution in [3.63, 3.8) is 0 Å². The number of hydrogen-bond acceptors (Lipinski definition) is 5. The van der Waals surface area contributed by atoms with Gasteiger partial charge in [0.1, 0.15) is 17.9 Å². The molecule has 0 radical (unpaired) electrons. The minimum Gasteiger partial charge on any atom is -0.497 e. The molecule has 1 aliphatic heterocycles. The number of carbonyl (C=O) groups is 1. The van der Waals surface area contributed by atoms with Crippen molar-refractivity contribution in [2.75, 3.05) is 33.3 Å². The molecule has 0 atom stereocenters. The summed E-state index contributed by atoms with van der Waals surface area (Å²) in [5.74, 6) is -0.0536. The number of carbonyl (C=O) groups excluding carboxylic acids is 1. The minimum atomic E-state index is -4.81. The number of alkyl halides is 3. The second kappa shape index (κ2) is 8.71. The Labute approximate surface area is 176 Å². The van der Waals surface area contributed by atoms with Crippen LogP contribution in [0.4, 0.5) is 13.2 Å². The molecular formula is C19H20F3N3O5S. The maximum absolute atomic E-state index is 12.9. The van der Waals surface area contributed by atoms with E-state index >= 15 is 0 Å². The molecule has 1 aromatic carbocycles. The fourth-order valence-electron chi connectivity index (χ4n) is 3.20. The number of sulfonamides is 1. The van der Waals surface area contributed by atoms with Crippen molar-refractivity contribution in [3.05, 3.63) is 58.5 Å². The monoisotopic (exact) mass is 459 g/mol. The van der Waals surface area contributed by atoms with E-state index in [1.807, 2.05) is 0 Å². The highest BCUT2D eigenvalue weighted by Gasteiger charge is 2.35. The topological polar surface area (TPSA) is 88.9 Å². The average molecular weight is 459 g/mol. The van der Waals surface area contributed by atoms with E-state index in [1.165, 1.54) is 40.6 Å². The first-order chi connectivity index (χ1) is 14.5. The zero-order chi connectivity index (χ0) is 22.8. The zero-order valence-corrected chi connectivity index (χ0v) is 17.3. The number of pyridine rings is 1. The van der Waals surface area contributed by atoms with E-state index < -0.39 is 39.8 Å². The van der Waals surface area contributed by atoms with Gasteiger partial charge in [-0.15, -0.1) is 0 Å². The quantitative estimate of drug-likeness (QED) is 0.675. The number of ether oxygens (including phenoxy) is 1. The van der Waals surface area contributed by atoms with Crippen LogP contribution in [0.2, 0.25) is 0 Å². The third-order valence-corrected chi connectivity index (χ3v) is 6.83. The van der Waals surface area contributed by atoms with Gasteiger partial charge in [0.05, 0.1) is 12.0 Å². The first-order valence-corrected chi connectivity index (χ1v) is 10.7. The summed E-state index contributed by atoms with van der Waals surface area (Å²) in [6.07, 6.45) is -3.70. The van der Waals surface area contributed by atoms with E-state index in [-0.39, 0.29) is 31.1 Å². The van der Waals surface area contributed by atoms with Crippen LogP contribution in [0.25, 0.3) is 0 Å². The lowest BCUT2D eigenvalue weighted by Gasteiger charge is -2.34. The highest BCUT2D eigenvalue weighted by Crippen LogP contribution is 2.26. The van der Waals surface area contributed by atoms with Crippen molar-refractivity contribution in [2.45, 2.75) is 17.6 Å². The van der Waals surface area contributed by atoms with Gasteiger partial charge in [0, 0.05) is 32.4 Å². The van der Waals surface area contributed by atoms with Gasteiger partial charge in [-0.1, -0.05) is 0 Å². The number of nitrogens with zero attached hydrogens (tertiary/aromatic N) is 3. The summed E-state index contributed by atoms with van der Waals surface area (Å²) in [5, 5.41) is 0. The molecule has 0 aliphatic carbocycles. The van der Waals surface area contributed by atoms with Crippen LogP contribution in [0, 0.1) is 0 Å². The molecule has 8 nitrogen and oxygen atoms in total. The lowest BCUT2D eigenvalue weighted by atomic mass is 10.2. The summed E-state index contributed by atoms with van der Waals surface area (Å²) in [4.78, 5) is 25.9. The maximum Gasteiger partial charge on any atom is 0.421 e. The Morgan fingerprint density at radius 3 is 2.23 bits per heavy atom. The smallest absolute Gasteiger partial charge is 0.421 e. The number of amides is 1. The number of halogens is 3. The first kappa shape index (κ1) is 22.8. The van der Waals surface area contributed by atoms with Gasteiger partial charge in [0.15, 0.2) is 0 Å². The molecule has 12 heteroatoms. The van der Waals surface area contributed by atoms with Crippen LogP contribution in [0.15, 0.2) is 52.3 Å². The molecule has 0 spiro atoms. The maximum atomic E-state index is 12.9. The summed E-state index contributed by atoms with van der Waals surface area (Å²) in [5.41, 5.74) is -2.65. The standard InChI is InChI=1S/C19H20F3N3O5S/c1-30-14-4-6-15(7-5-14)31(28,29)25-11-9-23(10-12-25)17(26)13-24-8-2-3-16(18(24)27)19(20,21)22/h2-8H,9-13H2,1H3. The van der Waals surface area contributed by atoms with Crippen LogP contribution in [0.1, 0.15) is 5.56 Å². The van der Waals surface area contributed by atoms with Gasteiger partial charge in [0.2, 0.25) is 15.9 Å². The molecule has 168 valence electrons. The number of piperazine rings is 1. The molecule has 1 aromatic heterocycles. The Hall–Kier alpha value is -2.86. The fourth-order valence-corrected chi connectivity index (χ4v) is 4.62. The summed E-state index contributed by atoms with van der Waals surface area (Å²) in [6.45, 7) is -0.396. The van der Waals surface area contributed by atoms with E-state index in [0.717, 1.165) is 12.3 Å². The number of methoxy groups -OCH3 is 1. The molecule has 2 heterocycles. The molecular weight excluding hydrogens is 439 g/mol. The molecule has 3 rings (SSSR count). The Balaban J connectivity index is 1.66. The number of hydrogen-bond donors (Lipinski definition) is 0. The fraction of sp³-hybridized carbons (Fsp3) is 0.368. The van der Waals surface area contributed by atoms with Crippen molar-refractivity contribution in [1.29, 1.82) is 0 Å². The minimum absolute atomic E-state index is 0.0254. The van der Waals surface area contributed by atoms with Crippen molar-refractivity contribution >= 4 is 15.9 Å². The van der Waals surface area contributed by atoms with E-state index in [4.69, 9.17) is 4.74 Å². The summed E-state index contributed by atoms with van der Waals surface area (Å²) >= 11 is 0. The van der Waals surface area contributed by atoms with E-state index in [2.05, 4.69) is 0 Å². The Morgan fingerprint density at radius 2 is 1.68 bits per heavy atom. The van der Waals surface area contributed by atoms with Gasteiger partial charge in [0.25, 0.3) is 5.56 Å². The normalized spacial score (nSPS) is 15.7. The van der Waals surface area contributed by atoms with Crippen LogP contribution in [-0.2, 0) is 27.5 Å². The molecule has 0 saturated carbocycles. The largest absolute Gasteiger partial charge is 0.497 e. The number of aromatic nitrogens is 1. The Kier molecular flexibility index (Phi) is 6.41. The highest BCUT2D eigenvalue weighted by atomic mass is 32.2. The predicted octanol–water partition coefficient (Wildman–Crippen LogP) is 1.41. The van der Waals surface area contributed by atoms with E-state index in [0.29, 0.717) is 16.4 Å². The molecule has 0 bridgehead atoms. The van der Waals surface area contributed by atoms with Crippen molar-refractivity contribution < 1.29 is 31.1 Å². The molecule has 1 saturated heterocycles. The van der Waals surface area contributed by atoms with Gasteiger partial charge in [-0.2, -0.15) is 17.5 Å². The van der Waals surface area contributed by atoms with E-state index in [9.17, 15) is 31.2 Å². The van der Waals surface area contributed by atoms with Gasteiger partial charge in [-0.3, -0.25) is 9.59 Å². The number of benzene rings is 1. The average Bonchev–Trinajstić information content (AvgIpc) is 2.74. The molecule has 1 amide bonds. The predicted molar refractivity (Wildman–Crippen MR) is 104 cm³/mol. The zero-order valence-electron chi connectivity index (χ0n) is 16.5. The van der Waals surface area contributed by atoms with Gasteiger partial charge < -0.3 is 14.2 Å². The lowest BCUT2D eigenvalue weighted by Crippen LogP contribution is -2.51. The third-order valence-electron chi connectivity index (χ3n) is 4.92. The van der Waals surface area contributed by atoms with Crippen molar-refractivity contribution in [2.24, 2.45) is 0 Å². The second-order valence-electron chi connectivity index (χ2n) is 6.81. The van der Waals surface area contributed by atoms with Gasteiger partial charge in [-0.25, -0.2) is 8.42 Å². The van der Waals surface area contributed by atoms with Crippen LogP contribution in [-0.4, -0.2) is 61.4 Å². The molecule has 1 fully saturated rings. The Bertz CT molecular complexity index is 1110. The van der Waals surface area contributed by atoms with Crippen molar-refractivity contribution in [1.82, 2.24) is 13.8 Å². The summed E-state index contributed by atoms with van der Waals surface area (Å²) in [6, 6.07) is 7.61. The lowest BCUT2D eigenvalue weighted by molar-refractivity contribution is -0.139. The van der Waals surface area contributed by atoms with Gasteiger partial charge in [-0.05, 0) is 36.4 Å². The SMILES string of the molecule is COc1ccc(S(=O)(=O)N2CCN(C(=O)Cn3cccc(C(F)(F)F)c3=O)CC2)cc1. The first-order valence-electron chi connectivity index (χ1n) is 9.22. The van der Waals surface area contributed by atoms with Crippen LogP contribution in [0.3, 0.4) is 0 Å². The highest BCUT2D eigenvalue weighted by molar-refractivity contribution is 7.89. The molecule has 2 aromatic rings. The molecule has 0 N–H and O–H groups in total. The van der Waals surface area contributed by atoms with Gasteiger partial charge >= 0.3 is 6.18 Å². The Morgan fingerprint density at radius 1 is 1.06 bits per heavy atom. The third kappa shape index (κ3) is 4.90. The molecule has 0 unspecified atom stereocenters. The summed E-state index contributed by atoms with van der Waals surface area (Å²) in [7, 11) is -2.30. The van der Waals surface area contributed by atoms with E-state index in [1.54, 1.807) is 0 Å². The molecule has 1 aliphatic rings. The second-order valence-corrected chi connectivity index (χ2v) is 8.75. The van der Waals surface area contributed by atoms with Crippen LogP contribution in [0.5, 0.6) is 5.75 Å². The molecule has 31 heavy (non-hydrogen) atoms. The van der Waals surface area contributed by atoms with Crippen LogP contribution >= 0.6 is 0 Å². The summed E-state index contributed by atoms with van der Waals surface area (Å²) < 4.78 is 71.1. The van der Waals surface area contributed by atoms with Crippen molar-refractivity contribution in [3.8, 4) is 5.75 Å².